The Kier molecular flexibility index (Phi) is 2.69. The van der Waals surface area contributed by atoms with E-state index < -0.39 is 11.6 Å². The van der Waals surface area contributed by atoms with Crippen LogP contribution in [0.15, 0.2) is 23.0 Å². The van der Waals surface area contributed by atoms with Gasteiger partial charge in [0.2, 0.25) is 0 Å². The van der Waals surface area contributed by atoms with Crippen LogP contribution in [-0.4, -0.2) is 9.97 Å². The van der Waals surface area contributed by atoms with E-state index in [2.05, 4.69) is 9.97 Å². The van der Waals surface area contributed by atoms with Crippen LogP contribution < -0.4 is 5.56 Å². The third-order valence-electron chi connectivity index (χ3n) is 3.28. The fourth-order valence-electron chi connectivity index (χ4n) is 2.01. The van der Waals surface area contributed by atoms with E-state index in [1.165, 1.54) is 25.1 Å². The van der Waals surface area contributed by atoms with Crippen molar-refractivity contribution in [2.24, 2.45) is 0 Å². The molecule has 1 saturated carbocycles. The lowest BCUT2D eigenvalue weighted by Gasteiger charge is -2.06. The molecule has 0 radical (unpaired) electrons. The summed E-state index contributed by atoms with van der Waals surface area (Å²) in [7, 11) is 0. The van der Waals surface area contributed by atoms with Gasteiger partial charge in [0.25, 0.3) is 5.56 Å². The Labute approximate surface area is 108 Å². The smallest absolute Gasteiger partial charge is 0.251 e. The van der Waals surface area contributed by atoms with E-state index in [9.17, 15) is 13.6 Å². The Morgan fingerprint density at radius 3 is 2.68 bits per heavy atom. The van der Waals surface area contributed by atoms with Gasteiger partial charge in [0.15, 0.2) is 11.6 Å². The van der Waals surface area contributed by atoms with Gasteiger partial charge in [-0.1, -0.05) is 6.07 Å². The van der Waals surface area contributed by atoms with E-state index in [0.29, 0.717) is 5.82 Å². The van der Waals surface area contributed by atoms with Crippen LogP contribution in [-0.2, 0) is 0 Å². The largest absolute Gasteiger partial charge is 0.310 e. The minimum Gasteiger partial charge on any atom is -0.310 e. The summed E-state index contributed by atoms with van der Waals surface area (Å²) >= 11 is 0. The van der Waals surface area contributed by atoms with E-state index in [1.54, 1.807) is 0 Å². The molecule has 5 heteroatoms. The van der Waals surface area contributed by atoms with Gasteiger partial charge in [-0.3, -0.25) is 4.79 Å². The first-order valence-corrected chi connectivity index (χ1v) is 6.12. The summed E-state index contributed by atoms with van der Waals surface area (Å²) in [5.41, 5.74) is 0.0962. The molecule has 0 atom stereocenters. The molecule has 98 valence electrons. The molecule has 1 aromatic carbocycles. The number of nitrogens with one attached hydrogen (secondary N) is 1. The Morgan fingerprint density at radius 2 is 2.00 bits per heavy atom. The van der Waals surface area contributed by atoms with Gasteiger partial charge in [-0.05, 0) is 31.4 Å². The predicted molar refractivity (Wildman–Crippen MR) is 66.9 cm³/mol. The average molecular weight is 262 g/mol. The molecule has 2 aromatic rings. The molecule has 1 aromatic heterocycles. The number of aryl methyl sites for hydroxylation is 1. The maximum atomic E-state index is 13.9. The second-order valence-corrected chi connectivity index (χ2v) is 4.85. The van der Waals surface area contributed by atoms with E-state index in [-0.39, 0.29) is 28.3 Å². The number of nitrogens with zero attached hydrogens (tertiary/aromatic N) is 1. The molecule has 0 aliphatic heterocycles. The lowest BCUT2D eigenvalue weighted by atomic mass is 10.1. The number of halogens is 2. The van der Waals surface area contributed by atoms with Crippen molar-refractivity contribution in [3.8, 4) is 11.3 Å². The van der Waals surface area contributed by atoms with Crippen molar-refractivity contribution in [1.82, 2.24) is 9.97 Å². The van der Waals surface area contributed by atoms with Crippen molar-refractivity contribution in [2.75, 3.05) is 0 Å². The second kappa shape index (κ2) is 4.26. The monoisotopic (exact) mass is 262 g/mol. The molecular formula is C14H12F2N2O. The zero-order valence-electron chi connectivity index (χ0n) is 10.3. The Morgan fingerprint density at radius 1 is 1.26 bits per heavy atom. The van der Waals surface area contributed by atoms with Crippen molar-refractivity contribution in [3.05, 3.63) is 51.6 Å². The third kappa shape index (κ3) is 2.16. The van der Waals surface area contributed by atoms with Crippen LogP contribution in [0.25, 0.3) is 11.3 Å². The molecule has 0 saturated heterocycles. The van der Waals surface area contributed by atoms with Gasteiger partial charge >= 0.3 is 0 Å². The highest BCUT2D eigenvalue weighted by atomic mass is 19.2. The zero-order chi connectivity index (χ0) is 13.6. The second-order valence-electron chi connectivity index (χ2n) is 4.85. The summed E-state index contributed by atoms with van der Waals surface area (Å²) in [6.45, 7) is 1.49. The Balaban J connectivity index is 2.16. The molecule has 1 fully saturated rings. The number of H-pyrrole nitrogens is 1. The van der Waals surface area contributed by atoms with Crippen LogP contribution in [0.3, 0.4) is 0 Å². The molecule has 1 N–H and O–H groups in total. The fourth-order valence-corrected chi connectivity index (χ4v) is 2.01. The first kappa shape index (κ1) is 12.0. The molecule has 1 heterocycles. The van der Waals surface area contributed by atoms with Crippen molar-refractivity contribution in [3.63, 3.8) is 0 Å². The molecule has 0 amide bonds. The molecule has 0 spiro atoms. The highest BCUT2D eigenvalue weighted by Gasteiger charge is 2.27. The average Bonchev–Trinajstić information content (AvgIpc) is 3.19. The van der Waals surface area contributed by atoms with Gasteiger partial charge < -0.3 is 4.98 Å². The lowest BCUT2D eigenvalue weighted by molar-refractivity contribution is 0.505. The summed E-state index contributed by atoms with van der Waals surface area (Å²) in [6, 6.07) is 4.12. The summed E-state index contributed by atoms with van der Waals surface area (Å²) in [5.74, 6) is -1.05. The maximum absolute atomic E-state index is 13.9. The Hall–Kier alpha value is -2.04. The van der Waals surface area contributed by atoms with Crippen molar-refractivity contribution in [2.45, 2.75) is 25.7 Å². The van der Waals surface area contributed by atoms with Crippen molar-refractivity contribution >= 4 is 0 Å². The SMILES string of the molecule is Cc1ccc(-c2cc(=O)[nH]c(C3CC3)n2)c(F)c1F. The molecule has 0 unspecified atom stereocenters. The third-order valence-corrected chi connectivity index (χ3v) is 3.28. The molecule has 1 aliphatic carbocycles. The van der Waals surface area contributed by atoms with E-state index in [0.717, 1.165) is 12.8 Å². The lowest BCUT2D eigenvalue weighted by Crippen LogP contribution is -2.11. The molecule has 0 bridgehead atoms. The molecule has 3 nitrogen and oxygen atoms in total. The molecule has 19 heavy (non-hydrogen) atoms. The molecular weight excluding hydrogens is 250 g/mol. The van der Waals surface area contributed by atoms with Crippen LogP contribution in [0.2, 0.25) is 0 Å². The fraction of sp³-hybridized carbons (Fsp3) is 0.286. The predicted octanol–water partition coefficient (Wildman–Crippen LogP) is 2.90. The number of aromatic nitrogens is 2. The summed E-state index contributed by atoms with van der Waals surface area (Å²) < 4.78 is 27.5. The van der Waals surface area contributed by atoms with Gasteiger partial charge in [0.05, 0.1) is 5.69 Å². The van der Waals surface area contributed by atoms with Crippen molar-refractivity contribution in [1.29, 1.82) is 0 Å². The normalized spacial score (nSPS) is 14.7. The summed E-state index contributed by atoms with van der Waals surface area (Å²) in [5, 5.41) is 0. The maximum Gasteiger partial charge on any atom is 0.251 e. The van der Waals surface area contributed by atoms with Gasteiger partial charge in [-0.15, -0.1) is 0 Å². The first-order chi connectivity index (χ1) is 9.06. The minimum atomic E-state index is -0.958. The molecule has 3 rings (SSSR count). The van der Waals surface area contributed by atoms with Crippen LogP contribution >= 0.6 is 0 Å². The van der Waals surface area contributed by atoms with Crippen LogP contribution in [0.5, 0.6) is 0 Å². The summed E-state index contributed by atoms with van der Waals surface area (Å²) in [6.07, 6.45) is 1.94. The van der Waals surface area contributed by atoms with E-state index in [1.807, 2.05) is 0 Å². The quantitative estimate of drug-likeness (QED) is 0.904. The van der Waals surface area contributed by atoms with E-state index >= 15 is 0 Å². The first-order valence-electron chi connectivity index (χ1n) is 6.12. The number of benzene rings is 1. The van der Waals surface area contributed by atoms with Crippen molar-refractivity contribution < 1.29 is 8.78 Å². The summed E-state index contributed by atoms with van der Waals surface area (Å²) in [4.78, 5) is 18.4. The van der Waals surface area contributed by atoms with Gasteiger partial charge in [0.1, 0.15) is 5.82 Å². The van der Waals surface area contributed by atoms with Gasteiger partial charge in [-0.2, -0.15) is 0 Å². The minimum absolute atomic E-state index is 0.0242. The van der Waals surface area contributed by atoms with Crippen LogP contribution in [0.4, 0.5) is 8.78 Å². The zero-order valence-corrected chi connectivity index (χ0v) is 10.3. The number of rotatable bonds is 2. The highest BCUT2D eigenvalue weighted by Crippen LogP contribution is 2.38. The van der Waals surface area contributed by atoms with E-state index in [4.69, 9.17) is 0 Å². The highest BCUT2D eigenvalue weighted by molar-refractivity contribution is 5.60. The number of hydrogen-bond acceptors (Lipinski definition) is 2. The standard InChI is InChI=1S/C14H12F2N2O/c1-7-2-5-9(13(16)12(7)15)10-6-11(19)18-14(17-10)8-3-4-8/h2,5-6,8H,3-4H2,1H3,(H,17,18,19). The van der Waals surface area contributed by atoms with Gasteiger partial charge in [-0.25, -0.2) is 13.8 Å². The number of hydrogen-bond donors (Lipinski definition) is 1. The topological polar surface area (TPSA) is 45.8 Å². The van der Waals surface area contributed by atoms with Crippen LogP contribution in [0, 0.1) is 18.6 Å². The van der Waals surface area contributed by atoms with Gasteiger partial charge in [0, 0.05) is 17.5 Å². The van der Waals surface area contributed by atoms with Crippen LogP contribution in [0.1, 0.15) is 30.1 Å². The molecule has 1 aliphatic rings. The number of aromatic amines is 1. The Bertz CT molecular complexity index is 705.